The molecule has 0 N–H and O–H groups in total. The van der Waals surface area contributed by atoms with Crippen LogP contribution in [-0.4, -0.2) is 0 Å². The normalized spacial score (nSPS) is 12.6. The molecule has 67 heavy (non-hydrogen) atoms. The van der Waals surface area contributed by atoms with Crippen molar-refractivity contribution in [3.8, 4) is 44.5 Å². The van der Waals surface area contributed by atoms with Crippen LogP contribution in [0.25, 0.3) is 77.2 Å². The molecule has 0 amide bonds. The largest absolute Gasteiger partial charge is 0.456 e. The van der Waals surface area contributed by atoms with Crippen LogP contribution in [0.3, 0.4) is 0 Å². The Balaban J connectivity index is 0.989. The molecule has 0 saturated carbocycles. The van der Waals surface area contributed by atoms with E-state index in [0.717, 1.165) is 50.1 Å². The third-order valence-electron chi connectivity index (χ3n) is 14.0. The van der Waals surface area contributed by atoms with Crippen molar-refractivity contribution < 1.29 is 4.42 Å². The summed E-state index contributed by atoms with van der Waals surface area (Å²) in [5.41, 5.74) is 19.2. The van der Waals surface area contributed by atoms with Crippen molar-refractivity contribution in [2.24, 2.45) is 0 Å². The Morgan fingerprint density at radius 3 is 1.45 bits per heavy atom. The Kier molecular flexibility index (Phi) is 9.11. The number of rotatable bonds is 8. The van der Waals surface area contributed by atoms with Gasteiger partial charge in [-0.15, -0.1) is 0 Å². The molecule has 12 aromatic rings. The summed E-state index contributed by atoms with van der Waals surface area (Å²) in [6.45, 7) is 0. The standard InChI is InChI=1S/C65H43NO/c1-4-17-45(18-5-1)52-41-42-53(55-24-11-10-23-54(52)55)46-33-38-51(39-34-46)66(50-36-31-44(32-37-50)47-35-40-57-56-25-13-15-30-62(56)67-63(57)43-47)61-29-16-28-60-64(61)58-26-12-14-27-59(58)65(60,48-19-6-2-7-20-48)49-21-8-3-9-22-49/h1-43H. The zero-order chi connectivity index (χ0) is 44.3. The molecule has 2 heteroatoms. The third kappa shape index (κ3) is 6.18. The zero-order valence-corrected chi connectivity index (χ0v) is 36.7. The van der Waals surface area contributed by atoms with E-state index in [1.54, 1.807) is 0 Å². The van der Waals surface area contributed by atoms with Gasteiger partial charge in [0.2, 0.25) is 0 Å². The Morgan fingerprint density at radius 1 is 0.299 bits per heavy atom. The molecule has 11 aromatic carbocycles. The lowest BCUT2D eigenvalue weighted by atomic mass is 9.68. The maximum Gasteiger partial charge on any atom is 0.136 e. The summed E-state index contributed by atoms with van der Waals surface area (Å²) in [6, 6.07) is 95.1. The van der Waals surface area contributed by atoms with Gasteiger partial charge in [-0.25, -0.2) is 0 Å². The zero-order valence-electron chi connectivity index (χ0n) is 36.7. The van der Waals surface area contributed by atoms with Crippen molar-refractivity contribution in [1.29, 1.82) is 0 Å². The molecule has 0 aliphatic heterocycles. The lowest BCUT2D eigenvalue weighted by molar-refractivity contribution is 0.669. The monoisotopic (exact) mass is 853 g/mol. The molecule has 0 spiro atoms. The predicted molar refractivity (Wildman–Crippen MR) is 280 cm³/mol. The van der Waals surface area contributed by atoms with E-state index in [4.69, 9.17) is 4.42 Å². The Morgan fingerprint density at radius 2 is 0.791 bits per heavy atom. The predicted octanol–water partition coefficient (Wildman–Crippen LogP) is 17.6. The molecular weight excluding hydrogens is 811 g/mol. The number of furan rings is 1. The van der Waals surface area contributed by atoms with Crippen molar-refractivity contribution in [1.82, 2.24) is 0 Å². The van der Waals surface area contributed by atoms with E-state index in [0.29, 0.717) is 0 Å². The van der Waals surface area contributed by atoms with E-state index in [-0.39, 0.29) is 0 Å². The van der Waals surface area contributed by atoms with Gasteiger partial charge in [0.25, 0.3) is 0 Å². The maximum absolute atomic E-state index is 6.33. The van der Waals surface area contributed by atoms with Gasteiger partial charge in [0.1, 0.15) is 11.2 Å². The Hall–Kier alpha value is -8.72. The maximum atomic E-state index is 6.33. The van der Waals surface area contributed by atoms with Crippen LogP contribution in [-0.2, 0) is 5.41 Å². The number of para-hydroxylation sites is 1. The first-order valence-electron chi connectivity index (χ1n) is 23.1. The second-order valence-electron chi connectivity index (χ2n) is 17.5. The van der Waals surface area contributed by atoms with Crippen molar-refractivity contribution in [3.63, 3.8) is 0 Å². The highest BCUT2D eigenvalue weighted by Crippen LogP contribution is 2.59. The van der Waals surface area contributed by atoms with Gasteiger partial charge in [-0.1, -0.05) is 212 Å². The second kappa shape index (κ2) is 15.8. The van der Waals surface area contributed by atoms with Crippen LogP contribution >= 0.6 is 0 Å². The molecule has 1 aliphatic rings. The highest BCUT2D eigenvalue weighted by atomic mass is 16.3. The summed E-state index contributed by atoms with van der Waals surface area (Å²) in [5, 5.41) is 4.75. The van der Waals surface area contributed by atoms with E-state index < -0.39 is 5.41 Å². The van der Waals surface area contributed by atoms with E-state index in [1.807, 2.05) is 12.1 Å². The molecule has 1 aromatic heterocycles. The smallest absolute Gasteiger partial charge is 0.136 e. The van der Waals surface area contributed by atoms with Crippen molar-refractivity contribution >= 4 is 49.8 Å². The van der Waals surface area contributed by atoms with Crippen LogP contribution in [0.2, 0.25) is 0 Å². The van der Waals surface area contributed by atoms with Crippen LogP contribution in [0.5, 0.6) is 0 Å². The summed E-state index contributed by atoms with van der Waals surface area (Å²) < 4.78 is 6.33. The van der Waals surface area contributed by atoms with E-state index in [9.17, 15) is 0 Å². The minimum absolute atomic E-state index is 0.522. The van der Waals surface area contributed by atoms with Gasteiger partial charge in [-0.2, -0.15) is 0 Å². The fourth-order valence-electron chi connectivity index (χ4n) is 11.0. The lowest BCUT2D eigenvalue weighted by Crippen LogP contribution is -2.28. The molecule has 0 saturated heterocycles. The van der Waals surface area contributed by atoms with Crippen molar-refractivity contribution in [3.05, 3.63) is 283 Å². The number of anilines is 3. The van der Waals surface area contributed by atoms with Crippen LogP contribution in [0.1, 0.15) is 22.3 Å². The van der Waals surface area contributed by atoms with Crippen LogP contribution in [0.4, 0.5) is 17.1 Å². The SMILES string of the molecule is c1ccc(-c2ccc(-c3ccc(N(c4ccc(-c5ccc6c(c5)oc5ccccc56)cc4)c4cccc5c4-c4ccccc4C5(c4ccccc4)c4ccccc4)cc3)c3ccccc23)cc1. The minimum atomic E-state index is -0.522. The van der Waals surface area contributed by atoms with Gasteiger partial charge in [0.05, 0.1) is 11.1 Å². The van der Waals surface area contributed by atoms with Gasteiger partial charge >= 0.3 is 0 Å². The molecule has 0 bridgehead atoms. The second-order valence-corrected chi connectivity index (χ2v) is 17.5. The molecule has 1 aliphatic carbocycles. The fourth-order valence-corrected chi connectivity index (χ4v) is 11.0. The topological polar surface area (TPSA) is 16.4 Å². The quantitative estimate of drug-likeness (QED) is 0.151. The van der Waals surface area contributed by atoms with Gasteiger partial charge in [-0.3, -0.25) is 0 Å². The van der Waals surface area contributed by atoms with E-state index in [2.05, 4.69) is 254 Å². The molecule has 0 fully saturated rings. The Bertz CT molecular complexity index is 3740. The first kappa shape index (κ1) is 38.7. The first-order chi connectivity index (χ1) is 33.2. The van der Waals surface area contributed by atoms with Crippen LogP contribution < -0.4 is 4.90 Å². The molecule has 1 heterocycles. The molecular formula is C65H43NO. The fraction of sp³-hybridized carbons (Fsp3) is 0.0154. The summed E-state index contributed by atoms with van der Waals surface area (Å²) in [7, 11) is 0. The summed E-state index contributed by atoms with van der Waals surface area (Å²) in [5.74, 6) is 0. The van der Waals surface area contributed by atoms with Gasteiger partial charge < -0.3 is 9.32 Å². The van der Waals surface area contributed by atoms with E-state index >= 15 is 0 Å². The van der Waals surface area contributed by atoms with Gasteiger partial charge in [-0.05, 0) is 121 Å². The van der Waals surface area contributed by atoms with Crippen molar-refractivity contribution in [2.75, 3.05) is 4.90 Å². The molecule has 2 nitrogen and oxygen atoms in total. The highest BCUT2D eigenvalue weighted by Gasteiger charge is 2.47. The first-order valence-corrected chi connectivity index (χ1v) is 23.1. The summed E-state index contributed by atoms with van der Waals surface area (Å²) in [4.78, 5) is 2.45. The summed E-state index contributed by atoms with van der Waals surface area (Å²) >= 11 is 0. The minimum Gasteiger partial charge on any atom is -0.456 e. The van der Waals surface area contributed by atoms with Crippen LogP contribution in [0, 0.1) is 0 Å². The molecule has 314 valence electrons. The average Bonchev–Trinajstić information content (AvgIpc) is 3.93. The van der Waals surface area contributed by atoms with Crippen LogP contribution in [0.15, 0.2) is 265 Å². The highest BCUT2D eigenvalue weighted by molar-refractivity contribution is 6.07. The lowest BCUT2D eigenvalue weighted by Gasteiger charge is -2.34. The van der Waals surface area contributed by atoms with E-state index in [1.165, 1.54) is 66.4 Å². The number of hydrogen-bond donors (Lipinski definition) is 0. The Labute approximate surface area is 390 Å². The number of fused-ring (bicyclic) bond motifs is 7. The number of benzene rings is 11. The van der Waals surface area contributed by atoms with Gasteiger partial charge in [0, 0.05) is 27.7 Å². The molecule has 0 radical (unpaired) electrons. The molecule has 13 rings (SSSR count). The third-order valence-corrected chi connectivity index (χ3v) is 14.0. The molecule has 0 unspecified atom stereocenters. The van der Waals surface area contributed by atoms with Gasteiger partial charge in [0.15, 0.2) is 0 Å². The number of hydrogen-bond acceptors (Lipinski definition) is 2. The molecule has 0 atom stereocenters. The number of nitrogens with zero attached hydrogens (tertiary/aromatic N) is 1. The summed E-state index contributed by atoms with van der Waals surface area (Å²) in [6.07, 6.45) is 0. The van der Waals surface area contributed by atoms with Crippen molar-refractivity contribution in [2.45, 2.75) is 5.41 Å². The average molecular weight is 854 g/mol.